The van der Waals surface area contributed by atoms with Crippen molar-refractivity contribution >= 4 is 16.5 Å². The number of anilines is 1. The quantitative estimate of drug-likeness (QED) is 0.927. The molecule has 0 heterocycles. The van der Waals surface area contributed by atoms with E-state index in [1.807, 2.05) is 0 Å². The molecule has 1 N–H and O–H groups in total. The Morgan fingerprint density at radius 2 is 2.11 bits per heavy atom. The highest BCUT2D eigenvalue weighted by Gasteiger charge is 2.33. The Kier molecular flexibility index (Phi) is 4.95. The van der Waals surface area contributed by atoms with Crippen LogP contribution in [0.1, 0.15) is 18.1 Å². The molecule has 0 unspecified atom stereocenters. The maximum Gasteiger partial charge on any atom is 0.418 e. The lowest BCUT2D eigenvalue weighted by molar-refractivity contribution is -0.136. The van der Waals surface area contributed by atoms with E-state index in [-0.39, 0.29) is 23.0 Å². The molecule has 3 nitrogen and oxygen atoms in total. The molecule has 0 aliphatic heterocycles. The number of hydrogen-bond donors (Lipinski definition) is 1. The molecule has 0 aromatic heterocycles. The van der Waals surface area contributed by atoms with Crippen molar-refractivity contribution in [1.29, 1.82) is 5.26 Å². The molecule has 1 aromatic rings. The van der Waals surface area contributed by atoms with E-state index in [0.717, 1.165) is 18.2 Å². The molecule has 19 heavy (non-hydrogen) atoms. The van der Waals surface area contributed by atoms with E-state index in [0.29, 0.717) is 0 Å². The van der Waals surface area contributed by atoms with Crippen molar-refractivity contribution in [3.05, 3.63) is 29.3 Å². The molecular weight excluding hydrogens is 277 g/mol. The van der Waals surface area contributed by atoms with Crippen LogP contribution < -0.4 is 5.32 Å². The Bertz CT molecular complexity index is 523. The van der Waals surface area contributed by atoms with E-state index < -0.39 is 22.5 Å². The van der Waals surface area contributed by atoms with Gasteiger partial charge in [0, 0.05) is 34.5 Å². The van der Waals surface area contributed by atoms with Crippen LogP contribution in [0.25, 0.3) is 0 Å². The van der Waals surface area contributed by atoms with Gasteiger partial charge in [-0.1, -0.05) is 0 Å². The molecule has 0 spiro atoms. The molecular formula is C12H13F3N2OS. The Morgan fingerprint density at radius 3 is 2.58 bits per heavy atom. The first-order valence-corrected chi connectivity index (χ1v) is 7.05. The summed E-state index contributed by atoms with van der Waals surface area (Å²) in [6.07, 6.45) is -3.01. The molecule has 1 rings (SSSR count). The van der Waals surface area contributed by atoms with Crippen molar-refractivity contribution in [3.8, 4) is 6.07 Å². The summed E-state index contributed by atoms with van der Waals surface area (Å²) in [4.78, 5) is 0. The SMILES string of the molecule is C[C@H](CNc1cc(C#N)ccc1C(F)(F)F)[S@@](C)=O. The molecule has 0 radical (unpaired) electrons. The normalized spacial score (nSPS) is 14.5. The highest BCUT2D eigenvalue weighted by molar-refractivity contribution is 7.84. The van der Waals surface area contributed by atoms with Crippen molar-refractivity contribution in [2.45, 2.75) is 18.3 Å². The minimum absolute atomic E-state index is 0.140. The minimum Gasteiger partial charge on any atom is -0.383 e. The standard InChI is InChI=1S/C12H13F3N2OS/c1-8(19(2)18)7-17-11-5-9(6-16)3-4-10(11)12(13,14)15/h3-5,8,17H,7H2,1-2H3/t8-,19-/m1/s1. The van der Waals surface area contributed by atoms with Gasteiger partial charge in [0.2, 0.25) is 0 Å². The van der Waals surface area contributed by atoms with Gasteiger partial charge in [-0.3, -0.25) is 4.21 Å². The number of rotatable bonds is 4. The predicted octanol–water partition coefficient (Wildman–Crippen LogP) is 2.76. The van der Waals surface area contributed by atoms with E-state index in [4.69, 9.17) is 5.26 Å². The van der Waals surface area contributed by atoms with Gasteiger partial charge in [0.25, 0.3) is 0 Å². The van der Waals surface area contributed by atoms with Gasteiger partial charge in [-0.15, -0.1) is 0 Å². The summed E-state index contributed by atoms with van der Waals surface area (Å²) in [5.41, 5.74) is -0.856. The highest BCUT2D eigenvalue weighted by atomic mass is 32.2. The molecule has 0 saturated heterocycles. The lowest BCUT2D eigenvalue weighted by Gasteiger charge is -2.16. The fourth-order valence-electron chi connectivity index (χ4n) is 1.38. The number of alkyl halides is 3. The molecule has 104 valence electrons. The zero-order valence-corrected chi connectivity index (χ0v) is 11.2. The lowest BCUT2D eigenvalue weighted by atomic mass is 10.1. The molecule has 0 fully saturated rings. The van der Waals surface area contributed by atoms with Gasteiger partial charge in [-0.25, -0.2) is 0 Å². The first-order valence-electron chi connectivity index (χ1n) is 5.43. The van der Waals surface area contributed by atoms with Crippen molar-refractivity contribution in [3.63, 3.8) is 0 Å². The summed E-state index contributed by atoms with van der Waals surface area (Å²) in [7, 11) is -1.13. The summed E-state index contributed by atoms with van der Waals surface area (Å²) in [6, 6.07) is 4.93. The van der Waals surface area contributed by atoms with Gasteiger partial charge < -0.3 is 5.32 Å². The average molecular weight is 290 g/mol. The van der Waals surface area contributed by atoms with Crippen molar-refractivity contribution in [1.82, 2.24) is 0 Å². The second kappa shape index (κ2) is 6.06. The van der Waals surface area contributed by atoms with Crippen LogP contribution in [-0.4, -0.2) is 22.3 Å². The van der Waals surface area contributed by atoms with Crippen molar-refractivity contribution < 1.29 is 17.4 Å². The molecule has 0 saturated carbocycles. The van der Waals surface area contributed by atoms with E-state index in [2.05, 4.69) is 5.32 Å². The molecule has 7 heteroatoms. The van der Waals surface area contributed by atoms with Crippen molar-refractivity contribution in [2.75, 3.05) is 18.1 Å². The topological polar surface area (TPSA) is 52.9 Å². The molecule has 2 atom stereocenters. The van der Waals surface area contributed by atoms with Crippen LogP contribution in [-0.2, 0) is 17.0 Å². The predicted molar refractivity (Wildman–Crippen MR) is 68.2 cm³/mol. The molecule has 0 aliphatic carbocycles. The van der Waals surface area contributed by atoms with Crippen LogP contribution >= 0.6 is 0 Å². The third-order valence-electron chi connectivity index (χ3n) is 2.60. The Balaban J connectivity index is 3.03. The number of nitrogens with one attached hydrogen (secondary N) is 1. The number of hydrogen-bond acceptors (Lipinski definition) is 3. The third kappa shape index (κ3) is 4.24. The van der Waals surface area contributed by atoms with Crippen LogP contribution in [0.4, 0.5) is 18.9 Å². The van der Waals surface area contributed by atoms with E-state index >= 15 is 0 Å². The van der Waals surface area contributed by atoms with Crippen LogP contribution in [0.5, 0.6) is 0 Å². The highest BCUT2D eigenvalue weighted by Crippen LogP contribution is 2.35. The number of nitrogens with zero attached hydrogens (tertiary/aromatic N) is 1. The summed E-state index contributed by atoms with van der Waals surface area (Å²) < 4.78 is 49.5. The summed E-state index contributed by atoms with van der Waals surface area (Å²) in [5, 5.41) is 11.0. The number of nitriles is 1. The number of benzene rings is 1. The molecule has 0 bridgehead atoms. The van der Waals surface area contributed by atoms with E-state index in [1.165, 1.54) is 6.26 Å². The number of halogens is 3. The van der Waals surface area contributed by atoms with Gasteiger partial charge in [0.15, 0.2) is 0 Å². The fraction of sp³-hybridized carbons (Fsp3) is 0.417. The van der Waals surface area contributed by atoms with E-state index in [9.17, 15) is 17.4 Å². The van der Waals surface area contributed by atoms with Gasteiger partial charge in [-0.05, 0) is 25.1 Å². The zero-order chi connectivity index (χ0) is 14.6. The minimum atomic E-state index is -4.50. The maximum atomic E-state index is 12.8. The van der Waals surface area contributed by atoms with Crippen LogP contribution in [0, 0.1) is 11.3 Å². The van der Waals surface area contributed by atoms with Crippen LogP contribution in [0.3, 0.4) is 0 Å². The van der Waals surface area contributed by atoms with Crippen LogP contribution in [0.2, 0.25) is 0 Å². The van der Waals surface area contributed by atoms with E-state index in [1.54, 1.807) is 13.0 Å². The average Bonchev–Trinajstić information content (AvgIpc) is 2.34. The van der Waals surface area contributed by atoms with Crippen molar-refractivity contribution in [2.24, 2.45) is 0 Å². The Labute approximate surface area is 111 Å². The largest absolute Gasteiger partial charge is 0.418 e. The Morgan fingerprint density at radius 1 is 1.47 bits per heavy atom. The van der Waals surface area contributed by atoms with Gasteiger partial charge in [-0.2, -0.15) is 18.4 Å². The third-order valence-corrected chi connectivity index (χ3v) is 3.90. The lowest BCUT2D eigenvalue weighted by Crippen LogP contribution is -2.22. The smallest absolute Gasteiger partial charge is 0.383 e. The van der Waals surface area contributed by atoms with Gasteiger partial charge in [0.05, 0.1) is 17.2 Å². The maximum absolute atomic E-state index is 12.8. The molecule has 1 aromatic carbocycles. The van der Waals surface area contributed by atoms with Gasteiger partial charge in [0.1, 0.15) is 0 Å². The van der Waals surface area contributed by atoms with Gasteiger partial charge >= 0.3 is 6.18 Å². The summed E-state index contributed by atoms with van der Waals surface area (Å²) in [6.45, 7) is 1.81. The summed E-state index contributed by atoms with van der Waals surface area (Å²) in [5.74, 6) is 0. The first-order chi connectivity index (χ1) is 8.75. The second-order valence-corrected chi connectivity index (χ2v) is 5.86. The monoisotopic (exact) mass is 290 g/mol. The molecule has 0 aliphatic rings. The molecule has 0 amide bonds. The Hall–Kier alpha value is -1.55. The second-order valence-electron chi connectivity index (χ2n) is 4.06. The first kappa shape index (κ1) is 15.5. The zero-order valence-electron chi connectivity index (χ0n) is 10.4. The fourth-order valence-corrected chi connectivity index (χ4v) is 1.70. The summed E-state index contributed by atoms with van der Waals surface area (Å²) >= 11 is 0. The van der Waals surface area contributed by atoms with Crippen LogP contribution in [0.15, 0.2) is 18.2 Å².